The van der Waals surface area contributed by atoms with Crippen molar-refractivity contribution in [1.29, 1.82) is 0 Å². The maximum atomic E-state index is 12.8. The maximum absolute atomic E-state index is 12.8. The van der Waals surface area contributed by atoms with Gasteiger partial charge in [0, 0.05) is 22.7 Å². The molecule has 2 rings (SSSR count). The van der Waals surface area contributed by atoms with Gasteiger partial charge in [-0.3, -0.25) is 0 Å². The lowest BCUT2D eigenvalue weighted by molar-refractivity contribution is 0.0314. The van der Waals surface area contributed by atoms with Gasteiger partial charge in [0.05, 0.1) is 18.1 Å². The second kappa shape index (κ2) is 6.01. The molecule has 7 heteroatoms. The van der Waals surface area contributed by atoms with Crippen LogP contribution in [0.25, 0.3) is 0 Å². The first-order valence-corrected chi connectivity index (χ1v) is 8.76. The number of anilines is 1. The normalized spacial score (nSPS) is 21.1. The van der Waals surface area contributed by atoms with E-state index in [1.807, 2.05) is 6.92 Å². The number of rotatable bonds is 3. The molecule has 0 amide bonds. The standard InChI is InChI=1S/C13H19BrN2O3S/c1-3-10-8-19-5-4-16(10)20(17,18)13-7-12(15)11(14)6-9(13)2/h6-7,10H,3-5,8,15H2,1-2H3. The van der Waals surface area contributed by atoms with Crippen molar-refractivity contribution in [2.24, 2.45) is 0 Å². The fourth-order valence-electron chi connectivity index (χ4n) is 2.35. The Bertz CT molecular complexity index is 604. The minimum Gasteiger partial charge on any atom is -0.398 e. The number of nitrogens with two attached hydrogens (primary N) is 1. The third-order valence-electron chi connectivity index (χ3n) is 3.53. The molecule has 1 aliphatic rings. The van der Waals surface area contributed by atoms with E-state index in [0.29, 0.717) is 35.5 Å². The van der Waals surface area contributed by atoms with E-state index in [4.69, 9.17) is 10.5 Å². The van der Waals surface area contributed by atoms with Crippen LogP contribution < -0.4 is 5.73 Å². The lowest BCUT2D eigenvalue weighted by atomic mass is 10.2. The van der Waals surface area contributed by atoms with Crippen LogP contribution in [-0.2, 0) is 14.8 Å². The Morgan fingerprint density at radius 1 is 1.50 bits per heavy atom. The number of sulfonamides is 1. The van der Waals surface area contributed by atoms with E-state index >= 15 is 0 Å². The van der Waals surface area contributed by atoms with Gasteiger partial charge in [-0.2, -0.15) is 4.31 Å². The molecule has 1 saturated heterocycles. The SMILES string of the molecule is CCC1COCCN1S(=O)(=O)c1cc(N)c(Br)cc1C. The number of halogens is 1. The van der Waals surface area contributed by atoms with Gasteiger partial charge >= 0.3 is 0 Å². The van der Waals surface area contributed by atoms with Gasteiger partial charge in [-0.25, -0.2) is 8.42 Å². The van der Waals surface area contributed by atoms with E-state index in [1.54, 1.807) is 13.0 Å². The Balaban J connectivity index is 2.46. The van der Waals surface area contributed by atoms with Gasteiger partial charge in [0.2, 0.25) is 10.0 Å². The van der Waals surface area contributed by atoms with Crippen LogP contribution in [0.4, 0.5) is 5.69 Å². The topological polar surface area (TPSA) is 72.6 Å². The van der Waals surface area contributed by atoms with Crippen LogP contribution in [0.3, 0.4) is 0 Å². The van der Waals surface area contributed by atoms with Gasteiger partial charge in [0.25, 0.3) is 0 Å². The number of hydrogen-bond acceptors (Lipinski definition) is 4. The van der Waals surface area contributed by atoms with Crippen molar-refractivity contribution in [2.75, 3.05) is 25.5 Å². The molecule has 1 heterocycles. The molecule has 0 radical (unpaired) electrons. The molecular weight excluding hydrogens is 344 g/mol. The smallest absolute Gasteiger partial charge is 0.243 e. The highest BCUT2D eigenvalue weighted by Gasteiger charge is 2.34. The number of nitrogens with zero attached hydrogens (tertiary/aromatic N) is 1. The molecule has 1 aliphatic heterocycles. The van der Waals surface area contributed by atoms with E-state index in [9.17, 15) is 8.42 Å². The van der Waals surface area contributed by atoms with Crippen molar-refractivity contribution in [3.63, 3.8) is 0 Å². The number of morpholine rings is 1. The van der Waals surface area contributed by atoms with Crippen molar-refractivity contribution in [1.82, 2.24) is 4.31 Å². The third-order valence-corrected chi connectivity index (χ3v) is 6.31. The Hall–Kier alpha value is -0.630. The summed E-state index contributed by atoms with van der Waals surface area (Å²) in [6.45, 7) is 5.00. The van der Waals surface area contributed by atoms with Crippen molar-refractivity contribution in [3.8, 4) is 0 Å². The average Bonchev–Trinajstić information content (AvgIpc) is 2.42. The highest BCUT2D eigenvalue weighted by molar-refractivity contribution is 9.10. The first-order valence-electron chi connectivity index (χ1n) is 6.53. The number of nitrogen functional groups attached to an aromatic ring is 1. The summed E-state index contributed by atoms with van der Waals surface area (Å²) in [6, 6.07) is 3.15. The minimum absolute atomic E-state index is 0.113. The molecule has 0 aromatic heterocycles. The molecule has 1 unspecified atom stereocenters. The van der Waals surface area contributed by atoms with E-state index in [0.717, 1.165) is 6.42 Å². The van der Waals surface area contributed by atoms with Crippen LogP contribution >= 0.6 is 15.9 Å². The number of aryl methyl sites for hydroxylation is 1. The highest BCUT2D eigenvalue weighted by atomic mass is 79.9. The predicted octanol–water partition coefficient (Wildman–Crippen LogP) is 2.14. The first kappa shape index (κ1) is 15.8. The van der Waals surface area contributed by atoms with Gasteiger partial charge in [0.15, 0.2) is 0 Å². The summed E-state index contributed by atoms with van der Waals surface area (Å²) in [4.78, 5) is 0.276. The van der Waals surface area contributed by atoms with Gasteiger partial charge in [-0.1, -0.05) is 6.92 Å². The second-order valence-corrected chi connectivity index (χ2v) is 7.61. The average molecular weight is 363 g/mol. The zero-order valence-electron chi connectivity index (χ0n) is 11.6. The second-order valence-electron chi connectivity index (χ2n) is 4.89. The molecule has 1 fully saturated rings. The van der Waals surface area contributed by atoms with Crippen molar-refractivity contribution in [2.45, 2.75) is 31.2 Å². The Kier molecular flexibility index (Phi) is 4.73. The molecular formula is C13H19BrN2O3S. The van der Waals surface area contributed by atoms with Crippen molar-refractivity contribution >= 4 is 31.6 Å². The lowest BCUT2D eigenvalue weighted by Gasteiger charge is -2.34. The Morgan fingerprint density at radius 2 is 2.20 bits per heavy atom. The van der Waals surface area contributed by atoms with Crippen LogP contribution in [0, 0.1) is 6.92 Å². The largest absolute Gasteiger partial charge is 0.398 e. The van der Waals surface area contributed by atoms with Gasteiger partial charge in [-0.15, -0.1) is 0 Å². The summed E-state index contributed by atoms with van der Waals surface area (Å²) in [5, 5.41) is 0. The quantitative estimate of drug-likeness (QED) is 0.836. The zero-order valence-corrected chi connectivity index (χ0v) is 14.0. The van der Waals surface area contributed by atoms with Crippen LogP contribution in [0.2, 0.25) is 0 Å². The Labute approximate surface area is 128 Å². The summed E-state index contributed by atoms with van der Waals surface area (Å²) < 4.78 is 33.3. The van der Waals surface area contributed by atoms with Crippen LogP contribution in [0.15, 0.2) is 21.5 Å². The van der Waals surface area contributed by atoms with Crippen molar-refractivity contribution in [3.05, 3.63) is 22.2 Å². The van der Waals surface area contributed by atoms with Gasteiger partial charge in [-0.05, 0) is 47.0 Å². The molecule has 0 aliphatic carbocycles. The summed E-state index contributed by atoms with van der Waals surface area (Å²) in [5.41, 5.74) is 6.94. The summed E-state index contributed by atoms with van der Waals surface area (Å²) in [7, 11) is -3.54. The fourth-order valence-corrected chi connectivity index (χ4v) is 4.72. The van der Waals surface area contributed by atoms with Crippen LogP contribution in [-0.4, -0.2) is 38.5 Å². The third kappa shape index (κ3) is 2.86. The van der Waals surface area contributed by atoms with Crippen molar-refractivity contribution < 1.29 is 13.2 Å². The molecule has 1 aromatic carbocycles. The molecule has 1 atom stereocenters. The molecule has 2 N–H and O–H groups in total. The van der Waals surface area contributed by atoms with Gasteiger partial charge in [0.1, 0.15) is 0 Å². The number of benzene rings is 1. The fraction of sp³-hybridized carbons (Fsp3) is 0.538. The molecule has 0 spiro atoms. The van der Waals surface area contributed by atoms with E-state index < -0.39 is 10.0 Å². The summed E-state index contributed by atoms with van der Waals surface area (Å²) >= 11 is 3.32. The summed E-state index contributed by atoms with van der Waals surface area (Å²) in [5.74, 6) is 0. The predicted molar refractivity (Wildman–Crippen MR) is 82.1 cm³/mol. The van der Waals surface area contributed by atoms with Crippen LogP contribution in [0.5, 0.6) is 0 Å². The van der Waals surface area contributed by atoms with Crippen LogP contribution in [0.1, 0.15) is 18.9 Å². The first-order chi connectivity index (χ1) is 9.37. The van der Waals surface area contributed by atoms with Gasteiger partial charge < -0.3 is 10.5 Å². The lowest BCUT2D eigenvalue weighted by Crippen LogP contribution is -2.48. The Morgan fingerprint density at radius 3 is 2.85 bits per heavy atom. The number of ether oxygens (including phenoxy) is 1. The highest BCUT2D eigenvalue weighted by Crippen LogP contribution is 2.30. The van der Waals surface area contributed by atoms with E-state index in [-0.39, 0.29) is 10.9 Å². The molecule has 1 aromatic rings. The molecule has 20 heavy (non-hydrogen) atoms. The monoisotopic (exact) mass is 362 g/mol. The summed E-state index contributed by atoms with van der Waals surface area (Å²) in [6.07, 6.45) is 0.726. The molecule has 0 saturated carbocycles. The number of hydrogen-bond donors (Lipinski definition) is 1. The molecule has 0 bridgehead atoms. The zero-order chi connectivity index (χ0) is 14.9. The van der Waals surface area contributed by atoms with E-state index in [2.05, 4.69) is 15.9 Å². The molecule has 5 nitrogen and oxygen atoms in total. The molecule has 112 valence electrons. The maximum Gasteiger partial charge on any atom is 0.243 e. The minimum atomic E-state index is -3.54. The van der Waals surface area contributed by atoms with E-state index in [1.165, 1.54) is 10.4 Å².